The first-order valence-electron chi connectivity index (χ1n) is 8.11. The molecule has 26 heavy (non-hydrogen) atoms. The number of nitrogens with two attached hydrogens (primary N) is 1. The molecule has 142 valence electrons. The maximum absolute atomic E-state index is 11.4. The minimum atomic E-state index is -4.68. The van der Waals surface area contributed by atoms with Crippen molar-refractivity contribution in [3.63, 3.8) is 0 Å². The smallest absolute Gasteiger partial charge is 0.269 e. The van der Waals surface area contributed by atoms with E-state index in [9.17, 15) is 23.1 Å². The second-order valence-corrected chi connectivity index (χ2v) is 6.79. The number of quaternary nitrogens is 1. The van der Waals surface area contributed by atoms with Crippen LogP contribution in [-0.2, 0) is 10.1 Å². The van der Waals surface area contributed by atoms with Gasteiger partial charge in [-0.15, -0.1) is 0 Å². The lowest BCUT2D eigenvalue weighted by atomic mass is 10.2. The molecular weight excluding hydrogens is 358 g/mol. The third kappa shape index (κ3) is 7.18. The normalized spacial score (nSPS) is 11.8. The quantitative estimate of drug-likeness (QED) is 0.428. The highest BCUT2D eigenvalue weighted by molar-refractivity contribution is 7.86. The summed E-state index contributed by atoms with van der Waals surface area (Å²) in [6.45, 7) is 6.75. The van der Waals surface area contributed by atoms with Crippen molar-refractivity contribution in [2.45, 2.75) is 19.2 Å². The highest BCUT2D eigenvalue weighted by Crippen LogP contribution is 2.25. The van der Waals surface area contributed by atoms with Gasteiger partial charge in [-0.3, -0.25) is 10.1 Å². The Kier molecular flexibility index (Phi) is 8.70. The van der Waals surface area contributed by atoms with E-state index in [2.05, 4.69) is 24.5 Å². The zero-order chi connectivity index (χ0) is 19.6. The van der Waals surface area contributed by atoms with Gasteiger partial charge in [0, 0.05) is 17.8 Å². The van der Waals surface area contributed by atoms with Crippen molar-refractivity contribution in [2.75, 3.05) is 18.4 Å². The van der Waals surface area contributed by atoms with Crippen molar-refractivity contribution in [1.29, 1.82) is 0 Å². The fourth-order valence-corrected chi connectivity index (χ4v) is 2.84. The second-order valence-electron chi connectivity index (χ2n) is 5.34. The molecule has 0 heterocycles. The number of nitro benzene ring substituents is 1. The van der Waals surface area contributed by atoms with Gasteiger partial charge in [0.15, 0.2) is 0 Å². The van der Waals surface area contributed by atoms with Crippen LogP contribution in [0.4, 0.5) is 11.4 Å². The lowest BCUT2D eigenvalue weighted by Gasteiger charge is -2.23. The molecule has 0 aliphatic heterocycles. The molecule has 0 saturated carbocycles. The molecular formula is C17H23N3O5S. The zero-order valence-corrected chi connectivity index (χ0v) is 15.5. The first-order chi connectivity index (χ1) is 12.3. The largest absolute Gasteiger partial charge is 0.746 e. The number of hydrogen-bond donors (Lipinski definition) is 2. The van der Waals surface area contributed by atoms with Crippen molar-refractivity contribution >= 4 is 21.5 Å². The Morgan fingerprint density at radius 1 is 1.04 bits per heavy atom. The van der Waals surface area contributed by atoms with Crippen LogP contribution < -0.4 is 10.6 Å². The summed E-state index contributed by atoms with van der Waals surface area (Å²) >= 11 is 0. The van der Waals surface area contributed by atoms with Crippen LogP contribution in [0.1, 0.15) is 24.8 Å². The molecule has 0 fully saturated rings. The van der Waals surface area contributed by atoms with E-state index in [1.54, 1.807) is 30.3 Å². The van der Waals surface area contributed by atoms with Gasteiger partial charge in [-0.2, -0.15) is 0 Å². The number of para-hydroxylation sites is 1. The number of nitrogens with zero attached hydrogens (tertiary/aromatic N) is 1. The highest BCUT2D eigenvalue weighted by atomic mass is 32.2. The van der Waals surface area contributed by atoms with Crippen LogP contribution in [0.25, 0.3) is 0 Å². The summed E-state index contributed by atoms with van der Waals surface area (Å²) in [7, 11) is -4.68. The number of nitro groups is 1. The first kappa shape index (κ1) is 21.6. The van der Waals surface area contributed by atoms with Crippen LogP contribution in [-0.4, -0.2) is 31.0 Å². The minimum absolute atomic E-state index is 0.138. The van der Waals surface area contributed by atoms with Crippen molar-refractivity contribution in [3.05, 3.63) is 70.3 Å². The molecule has 0 radical (unpaired) electrons. The highest BCUT2D eigenvalue weighted by Gasteiger charge is 2.19. The van der Waals surface area contributed by atoms with Crippen LogP contribution in [0, 0.1) is 10.1 Å². The number of rotatable bonds is 7. The molecule has 2 aromatic rings. The Morgan fingerprint density at radius 2 is 1.58 bits per heavy atom. The van der Waals surface area contributed by atoms with E-state index in [1.165, 1.54) is 25.2 Å². The zero-order valence-electron chi connectivity index (χ0n) is 14.7. The molecule has 1 atom stereocenters. The number of non-ortho nitro benzene ring substituents is 1. The van der Waals surface area contributed by atoms with Crippen LogP contribution in [0.2, 0.25) is 0 Å². The van der Waals surface area contributed by atoms with Gasteiger partial charge in [-0.25, -0.2) is 8.42 Å². The van der Waals surface area contributed by atoms with E-state index >= 15 is 0 Å². The Morgan fingerprint density at radius 3 is 1.96 bits per heavy atom. The third-order valence-electron chi connectivity index (χ3n) is 3.34. The van der Waals surface area contributed by atoms with Gasteiger partial charge in [0.25, 0.3) is 5.69 Å². The SMILES string of the molecule is CC[NH2+]CC.O=[N+]([O-])c1ccc(C(Nc2ccccc2)S(=O)(=O)[O-])cc1. The van der Waals surface area contributed by atoms with Gasteiger partial charge in [-0.1, -0.05) is 18.2 Å². The van der Waals surface area contributed by atoms with E-state index in [0.29, 0.717) is 5.69 Å². The van der Waals surface area contributed by atoms with Gasteiger partial charge in [-0.05, 0) is 43.7 Å². The minimum Gasteiger partial charge on any atom is -0.746 e. The summed E-state index contributed by atoms with van der Waals surface area (Å²) in [6, 6.07) is 13.1. The Hall–Kier alpha value is -2.49. The average Bonchev–Trinajstić information content (AvgIpc) is 2.61. The number of anilines is 1. The van der Waals surface area contributed by atoms with E-state index < -0.39 is 20.4 Å². The van der Waals surface area contributed by atoms with E-state index in [-0.39, 0.29) is 11.3 Å². The summed E-state index contributed by atoms with van der Waals surface area (Å²) in [6.07, 6.45) is 0. The summed E-state index contributed by atoms with van der Waals surface area (Å²) in [5.74, 6) is 0. The number of benzene rings is 2. The van der Waals surface area contributed by atoms with Crippen molar-refractivity contribution < 1.29 is 23.2 Å². The summed E-state index contributed by atoms with van der Waals surface area (Å²) in [4.78, 5) is 9.98. The van der Waals surface area contributed by atoms with Gasteiger partial charge in [0.05, 0.1) is 18.0 Å². The molecule has 0 bridgehead atoms. The molecule has 1 unspecified atom stereocenters. The molecule has 0 amide bonds. The third-order valence-corrected chi connectivity index (χ3v) is 4.31. The fraction of sp³-hybridized carbons (Fsp3) is 0.294. The van der Waals surface area contributed by atoms with Crippen LogP contribution >= 0.6 is 0 Å². The molecule has 0 saturated heterocycles. The van der Waals surface area contributed by atoms with E-state index in [1.807, 2.05) is 0 Å². The van der Waals surface area contributed by atoms with Crippen molar-refractivity contribution in [3.8, 4) is 0 Å². The fourth-order valence-electron chi connectivity index (χ4n) is 2.07. The molecule has 2 aromatic carbocycles. The molecule has 0 aromatic heterocycles. The summed E-state index contributed by atoms with van der Waals surface area (Å²) in [5.41, 5.74) is 0.417. The van der Waals surface area contributed by atoms with E-state index in [0.717, 1.165) is 12.1 Å². The van der Waals surface area contributed by atoms with Crippen molar-refractivity contribution in [1.82, 2.24) is 0 Å². The first-order valence-corrected chi connectivity index (χ1v) is 9.59. The predicted molar refractivity (Wildman–Crippen MR) is 98.6 cm³/mol. The van der Waals surface area contributed by atoms with Crippen LogP contribution in [0.3, 0.4) is 0 Å². The maximum atomic E-state index is 11.4. The lowest BCUT2D eigenvalue weighted by molar-refractivity contribution is -0.648. The Bertz CT molecular complexity index is 778. The number of nitrogens with one attached hydrogen (secondary N) is 1. The second kappa shape index (κ2) is 10.5. The van der Waals surface area contributed by atoms with Crippen LogP contribution in [0.15, 0.2) is 54.6 Å². The van der Waals surface area contributed by atoms with E-state index in [4.69, 9.17) is 0 Å². The van der Waals surface area contributed by atoms with Crippen molar-refractivity contribution in [2.24, 2.45) is 0 Å². The van der Waals surface area contributed by atoms with Gasteiger partial charge < -0.3 is 15.2 Å². The molecule has 8 nitrogen and oxygen atoms in total. The van der Waals surface area contributed by atoms with Gasteiger partial charge >= 0.3 is 0 Å². The standard InChI is InChI=1S/C13H12N2O5S.C4H11N/c16-15(17)12-8-6-10(7-9-12)13(21(18,19)20)14-11-4-2-1-3-5-11;1-3-5-4-2/h1-9,13-14H,(H,18,19,20);5H,3-4H2,1-2H3. The molecule has 0 aliphatic rings. The van der Waals surface area contributed by atoms with Gasteiger partial charge in [0.1, 0.15) is 15.5 Å². The molecule has 2 rings (SSSR count). The predicted octanol–water partition coefficient (Wildman–Crippen LogP) is 1.84. The summed E-state index contributed by atoms with van der Waals surface area (Å²) in [5, 5.41) is 13.9. The molecule has 0 spiro atoms. The molecule has 0 aliphatic carbocycles. The topological polar surface area (TPSA) is 129 Å². The maximum Gasteiger partial charge on any atom is 0.269 e. The monoisotopic (exact) mass is 381 g/mol. The molecule has 9 heteroatoms. The Labute approximate surface area is 153 Å². The average molecular weight is 381 g/mol. The Balaban J connectivity index is 0.000000597. The molecule has 3 N–H and O–H groups in total. The van der Waals surface area contributed by atoms with Crippen LogP contribution in [0.5, 0.6) is 0 Å². The number of hydrogen-bond acceptors (Lipinski definition) is 6. The summed E-state index contributed by atoms with van der Waals surface area (Å²) < 4.78 is 34.2. The van der Waals surface area contributed by atoms with Gasteiger partial charge in [0.2, 0.25) is 0 Å². The lowest BCUT2D eigenvalue weighted by Crippen LogP contribution is -2.82.